The third-order valence-corrected chi connectivity index (χ3v) is 3.26. The van der Waals surface area contributed by atoms with Crippen molar-refractivity contribution in [2.24, 2.45) is 0 Å². The smallest absolute Gasteiger partial charge is 0.339 e. The lowest BCUT2D eigenvalue weighted by atomic mass is 10.1. The molecule has 1 aromatic carbocycles. The highest BCUT2D eigenvalue weighted by Gasteiger charge is 2.31. The van der Waals surface area contributed by atoms with Crippen molar-refractivity contribution in [2.75, 3.05) is 37.0 Å². The largest absolute Gasteiger partial charge is 0.467 e. The third kappa shape index (κ3) is 4.13. The Balaban J connectivity index is 2.64. The minimum absolute atomic E-state index is 0.101. The van der Waals surface area contributed by atoms with E-state index in [1.165, 1.54) is 14.0 Å². The van der Waals surface area contributed by atoms with E-state index in [4.69, 9.17) is 0 Å². The number of ether oxygens (including phenoxy) is 1. The second-order valence-electron chi connectivity index (χ2n) is 4.84. The fourth-order valence-electron chi connectivity index (χ4n) is 1.95. The van der Waals surface area contributed by atoms with E-state index in [0.29, 0.717) is 0 Å². The van der Waals surface area contributed by atoms with Gasteiger partial charge in [0.25, 0.3) is 0 Å². The van der Waals surface area contributed by atoms with Gasteiger partial charge in [0, 0.05) is 24.5 Å². The Labute approximate surface area is 120 Å². The zero-order valence-electron chi connectivity index (χ0n) is 12.6. The summed E-state index contributed by atoms with van der Waals surface area (Å²) in [5, 5.41) is 13.0. The lowest BCUT2D eigenvalue weighted by Crippen LogP contribution is -2.42. The number of carbonyl (C=O) groups is 1. The lowest BCUT2D eigenvalue weighted by molar-refractivity contribution is -0.158. The van der Waals surface area contributed by atoms with Crippen molar-refractivity contribution in [3.63, 3.8) is 0 Å². The Morgan fingerprint density at radius 3 is 2.30 bits per heavy atom. The van der Waals surface area contributed by atoms with Gasteiger partial charge >= 0.3 is 5.97 Å². The summed E-state index contributed by atoms with van der Waals surface area (Å²) in [4.78, 5) is 13.6. The van der Waals surface area contributed by atoms with Crippen LogP contribution < -0.4 is 10.2 Å². The number of hydrogen-bond acceptors (Lipinski definition) is 5. The third-order valence-electron chi connectivity index (χ3n) is 3.26. The molecule has 1 unspecified atom stereocenters. The zero-order valence-corrected chi connectivity index (χ0v) is 12.6. The van der Waals surface area contributed by atoms with Gasteiger partial charge in [-0.15, -0.1) is 0 Å². The maximum Gasteiger partial charge on any atom is 0.339 e. The number of rotatable bonds is 7. The number of hydrogen-bond donors (Lipinski definition) is 2. The Bertz CT molecular complexity index is 425. The van der Waals surface area contributed by atoms with Gasteiger partial charge in [-0.3, -0.25) is 0 Å². The van der Waals surface area contributed by atoms with Crippen LogP contribution in [0.4, 0.5) is 11.4 Å². The van der Waals surface area contributed by atoms with Gasteiger partial charge < -0.3 is 20.1 Å². The lowest BCUT2D eigenvalue weighted by Gasteiger charge is -2.23. The zero-order chi connectivity index (χ0) is 15.2. The van der Waals surface area contributed by atoms with Crippen molar-refractivity contribution in [2.45, 2.75) is 26.4 Å². The SMILES string of the molecule is CCN(CC)c1ccc(NCC(C)(O)C(=O)OC)cc1. The molecule has 0 saturated heterocycles. The topological polar surface area (TPSA) is 61.8 Å². The van der Waals surface area contributed by atoms with E-state index >= 15 is 0 Å². The number of nitrogens with one attached hydrogen (secondary N) is 1. The molecule has 0 spiro atoms. The Hall–Kier alpha value is -1.75. The predicted molar refractivity (Wildman–Crippen MR) is 81.1 cm³/mol. The first kappa shape index (κ1) is 16.3. The summed E-state index contributed by atoms with van der Waals surface area (Å²) in [5.41, 5.74) is 0.470. The molecule has 0 amide bonds. The average molecular weight is 280 g/mol. The summed E-state index contributed by atoms with van der Waals surface area (Å²) >= 11 is 0. The summed E-state index contributed by atoms with van der Waals surface area (Å²) in [5.74, 6) is -0.648. The molecule has 0 saturated carbocycles. The van der Waals surface area contributed by atoms with Crippen LogP contribution in [0.2, 0.25) is 0 Å². The van der Waals surface area contributed by atoms with E-state index in [1.807, 2.05) is 24.3 Å². The van der Waals surface area contributed by atoms with Gasteiger partial charge in [-0.05, 0) is 45.0 Å². The minimum Gasteiger partial charge on any atom is -0.467 e. The van der Waals surface area contributed by atoms with Crippen molar-refractivity contribution in [3.8, 4) is 0 Å². The number of anilines is 2. The molecule has 1 atom stereocenters. The molecule has 0 radical (unpaired) electrons. The second kappa shape index (κ2) is 7.14. The molecule has 2 N–H and O–H groups in total. The quantitative estimate of drug-likeness (QED) is 0.747. The van der Waals surface area contributed by atoms with Gasteiger partial charge in [0.15, 0.2) is 5.60 Å². The van der Waals surface area contributed by atoms with Crippen LogP contribution in [0.1, 0.15) is 20.8 Å². The standard InChI is InChI=1S/C15H24N2O3/c1-5-17(6-2)13-9-7-12(8-10-13)16-11-15(3,19)14(18)20-4/h7-10,16,19H,5-6,11H2,1-4H3. The molecule has 0 bridgehead atoms. The van der Waals surface area contributed by atoms with Crippen molar-refractivity contribution in [3.05, 3.63) is 24.3 Å². The summed E-state index contributed by atoms with van der Waals surface area (Å²) in [6, 6.07) is 7.90. The molecule has 5 heteroatoms. The van der Waals surface area contributed by atoms with E-state index in [9.17, 15) is 9.90 Å². The highest BCUT2D eigenvalue weighted by Crippen LogP contribution is 2.18. The van der Waals surface area contributed by atoms with Crippen LogP contribution in [-0.4, -0.2) is 43.4 Å². The molecule has 0 aliphatic heterocycles. The van der Waals surface area contributed by atoms with Gasteiger partial charge in [0.1, 0.15) is 0 Å². The maximum atomic E-state index is 11.4. The van der Waals surface area contributed by atoms with Gasteiger partial charge in [-0.25, -0.2) is 4.79 Å². The number of aliphatic hydroxyl groups is 1. The first-order chi connectivity index (χ1) is 9.44. The molecule has 0 fully saturated rings. The molecule has 112 valence electrons. The van der Waals surface area contributed by atoms with Crippen LogP contribution in [0.5, 0.6) is 0 Å². The van der Waals surface area contributed by atoms with Crippen molar-refractivity contribution in [1.82, 2.24) is 0 Å². The first-order valence-corrected chi connectivity index (χ1v) is 6.84. The van der Waals surface area contributed by atoms with Crippen LogP contribution in [0, 0.1) is 0 Å². The van der Waals surface area contributed by atoms with Crippen molar-refractivity contribution >= 4 is 17.3 Å². The van der Waals surface area contributed by atoms with E-state index in [0.717, 1.165) is 24.5 Å². The maximum absolute atomic E-state index is 11.4. The fraction of sp³-hybridized carbons (Fsp3) is 0.533. The summed E-state index contributed by atoms with van der Waals surface area (Å²) in [6.45, 7) is 7.67. The van der Waals surface area contributed by atoms with Crippen LogP contribution in [0.15, 0.2) is 24.3 Å². The molecule has 20 heavy (non-hydrogen) atoms. The molecule has 0 aliphatic carbocycles. The Kier molecular flexibility index (Phi) is 5.82. The van der Waals surface area contributed by atoms with Crippen molar-refractivity contribution < 1.29 is 14.6 Å². The number of benzene rings is 1. The highest BCUT2D eigenvalue weighted by atomic mass is 16.5. The molecule has 0 aromatic heterocycles. The van der Waals surface area contributed by atoms with Crippen LogP contribution in [0.25, 0.3) is 0 Å². The number of methoxy groups -OCH3 is 1. The van der Waals surface area contributed by atoms with Gasteiger partial charge in [-0.2, -0.15) is 0 Å². The molecule has 1 aromatic rings. The average Bonchev–Trinajstić information content (AvgIpc) is 2.46. The van der Waals surface area contributed by atoms with Crippen molar-refractivity contribution in [1.29, 1.82) is 0 Å². The van der Waals surface area contributed by atoms with E-state index in [-0.39, 0.29) is 6.54 Å². The number of nitrogens with zero attached hydrogens (tertiary/aromatic N) is 1. The van der Waals surface area contributed by atoms with Gasteiger partial charge in [0.2, 0.25) is 0 Å². The minimum atomic E-state index is -1.54. The highest BCUT2D eigenvalue weighted by molar-refractivity contribution is 5.79. The van der Waals surface area contributed by atoms with Crippen LogP contribution in [-0.2, 0) is 9.53 Å². The molecule has 1 rings (SSSR count). The van der Waals surface area contributed by atoms with E-state index in [1.54, 1.807) is 0 Å². The van der Waals surface area contributed by atoms with Crippen LogP contribution >= 0.6 is 0 Å². The van der Waals surface area contributed by atoms with Gasteiger partial charge in [0.05, 0.1) is 13.7 Å². The number of carbonyl (C=O) groups excluding carboxylic acids is 1. The molecular formula is C15H24N2O3. The molecular weight excluding hydrogens is 256 g/mol. The molecule has 0 aliphatic rings. The first-order valence-electron chi connectivity index (χ1n) is 6.84. The Morgan fingerprint density at radius 1 is 1.30 bits per heavy atom. The Morgan fingerprint density at radius 2 is 1.85 bits per heavy atom. The van der Waals surface area contributed by atoms with E-state index < -0.39 is 11.6 Å². The second-order valence-corrected chi connectivity index (χ2v) is 4.84. The van der Waals surface area contributed by atoms with Crippen LogP contribution in [0.3, 0.4) is 0 Å². The predicted octanol–water partition coefficient (Wildman–Crippen LogP) is 1.87. The molecule has 0 heterocycles. The van der Waals surface area contributed by atoms with Gasteiger partial charge in [-0.1, -0.05) is 0 Å². The fourth-order valence-corrected chi connectivity index (χ4v) is 1.95. The summed E-state index contributed by atoms with van der Waals surface area (Å²) < 4.78 is 4.55. The summed E-state index contributed by atoms with van der Waals surface area (Å²) in [6.07, 6.45) is 0. The summed E-state index contributed by atoms with van der Waals surface area (Å²) in [7, 11) is 1.26. The van der Waals surface area contributed by atoms with E-state index in [2.05, 4.69) is 28.8 Å². The number of esters is 1. The normalized spacial score (nSPS) is 13.4. The monoisotopic (exact) mass is 280 g/mol. The molecule has 5 nitrogen and oxygen atoms in total.